The van der Waals surface area contributed by atoms with Crippen molar-refractivity contribution in [3.63, 3.8) is 0 Å². The average Bonchev–Trinajstić information content (AvgIpc) is 3.40. The number of aromatic nitrogens is 1. The molecule has 1 aliphatic heterocycles. The number of nitrogens with zero attached hydrogens (tertiary/aromatic N) is 2. The van der Waals surface area contributed by atoms with E-state index in [2.05, 4.69) is 25.8 Å². The highest BCUT2D eigenvalue weighted by molar-refractivity contribution is 5.98. The Balaban J connectivity index is 0.000000688. The Hall–Kier alpha value is -8.28. The maximum absolute atomic E-state index is 13.3. The van der Waals surface area contributed by atoms with Gasteiger partial charge in [0.05, 0.1) is 17.3 Å². The number of carboxylic acids is 2. The number of phenols is 1. The summed E-state index contributed by atoms with van der Waals surface area (Å²) < 4.78 is 69.3. The predicted octanol–water partition coefficient (Wildman–Crippen LogP) is 8.42. The number of carbonyl (C=O) groups excluding carboxylic acids is 3. The summed E-state index contributed by atoms with van der Waals surface area (Å²) in [5, 5.41) is 45.2. The highest BCUT2D eigenvalue weighted by atomic mass is 19.4. The quantitative estimate of drug-likeness (QED) is 0.0425. The minimum Gasteiger partial charge on any atom is -0.506 e. The lowest BCUT2D eigenvalue weighted by Gasteiger charge is -2.31. The van der Waals surface area contributed by atoms with Crippen LogP contribution in [0.5, 0.6) is 5.75 Å². The van der Waals surface area contributed by atoms with Crippen LogP contribution in [0.25, 0.3) is 22.0 Å². The smallest absolute Gasteiger partial charge is 0.490 e. The monoisotopic (exact) mass is 1080 g/mol. The fourth-order valence-electron chi connectivity index (χ4n) is 7.90. The molecule has 3 amide bonds. The van der Waals surface area contributed by atoms with Crippen molar-refractivity contribution >= 4 is 52.1 Å². The number of fused-ring (bicyclic) bond motifs is 1. The van der Waals surface area contributed by atoms with Crippen molar-refractivity contribution in [1.29, 1.82) is 0 Å². The van der Waals surface area contributed by atoms with Crippen LogP contribution in [-0.4, -0.2) is 118 Å². The van der Waals surface area contributed by atoms with Crippen LogP contribution in [0.3, 0.4) is 0 Å². The third-order valence-electron chi connectivity index (χ3n) is 12.0. The average molecular weight is 1080 g/mol. The summed E-state index contributed by atoms with van der Waals surface area (Å²) in [6.45, 7) is 4.64. The first kappa shape index (κ1) is 59.6. The normalized spacial score (nSPS) is 13.6. The van der Waals surface area contributed by atoms with Gasteiger partial charge in [0.1, 0.15) is 11.9 Å². The number of halogens is 6. The summed E-state index contributed by atoms with van der Waals surface area (Å²) in [5.74, 6) is -5.87. The zero-order chi connectivity index (χ0) is 56.5. The number of para-hydroxylation sites is 1. The number of alkyl halides is 6. The van der Waals surface area contributed by atoms with Crippen LogP contribution >= 0.6 is 0 Å². The maximum atomic E-state index is 13.3. The van der Waals surface area contributed by atoms with Crippen LogP contribution in [0.1, 0.15) is 59.3 Å². The van der Waals surface area contributed by atoms with Gasteiger partial charge in [-0.25, -0.2) is 14.4 Å². The van der Waals surface area contributed by atoms with Gasteiger partial charge < -0.3 is 50.6 Å². The summed E-state index contributed by atoms with van der Waals surface area (Å²) in [6.07, 6.45) is -9.33. The van der Waals surface area contributed by atoms with Gasteiger partial charge in [-0.1, -0.05) is 84.9 Å². The van der Waals surface area contributed by atoms with Crippen LogP contribution in [0.15, 0.2) is 132 Å². The molecule has 17 nitrogen and oxygen atoms in total. The molecule has 1 aromatic heterocycles. The molecule has 0 saturated carbocycles. The van der Waals surface area contributed by atoms with Crippen LogP contribution < -0.4 is 26.4 Å². The second-order valence-corrected chi connectivity index (χ2v) is 17.7. The Bertz CT molecular complexity index is 3000. The summed E-state index contributed by atoms with van der Waals surface area (Å²) in [4.78, 5) is 75.2. The number of pyridine rings is 1. The highest BCUT2D eigenvalue weighted by Crippen LogP contribution is 2.30. The largest absolute Gasteiger partial charge is 0.506 e. The van der Waals surface area contributed by atoms with Crippen LogP contribution in [0, 0.1) is 0 Å². The van der Waals surface area contributed by atoms with Crippen LogP contribution in [-0.2, 0) is 32.1 Å². The Morgan fingerprint density at radius 1 is 0.792 bits per heavy atom. The molecule has 77 heavy (non-hydrogen) atoms. The molecule has 2 heterocycles. The van der Waals surface area contributed by atoms with Crippen LogP contribution in [0.4, 0.5) is 42.5 Å². The first-order valence-electron chi connectivity index (χ1n) is 23.8. The van der Waals surface area contributed by atoms with E-state index >= 15 is 0 Å². The molecule has 0 bridgehead atoms. The first-order valence-corrected chi connectivity index (χ1v) is 23.8. The number of aliphatic carboxylic acids is 2. The molecule has 0 unspecified atom stereocenters. The second-order valence-electron chi connectivity index (χ2n) is 17.7. The van der Waals surface area contributed by atoms with E-state index in [1.807, 2.05) is 91.9 Å². The summed E-state index contributed by atoms with van der Waals surface area (Å²) >= 11 is 0. The number of amides is 3. The van der Waals surface area contributed by atoms with Crippen molar-refractivity contribution in [2.45, 2.75) is 69.8 Å². The minimum absolute atomic E-state index is 0.0419. The fraction of sp³-hybridized carbons (Fsp3) is 0.296. The first-order chi connectivity index (χ1) is 36.4. The number of phenolic OH excluding ortho intramolecular Hbond substituents is 1. The summed E-state index contributed by atoms with van der Waals surface area (Å²) in [6, 6.07) is 38.7. The van der Waals surface area contributed by atoms with Gasteiger partial charge in [-0.15, -0.1) is 0 Å². The molecule has 7 rings (SSSR count). The summed E-state index contributed by atoms with van der Waals surface area (Å²) in [5.41, 5.74) is 6.31. The number of aromatic amines is 1. The van der Waals surface area contributed by atoms with Crippen LogP contribution in [0.2, 0.25) is 0 Å². The molecule has 6 aromatic rings. The van der Waals surface area contributed by atoms with E-state index < -0.39 is 36.5 Å². The molecule has 8 N–H and O–H groups in total. The Morgan fingerprint density at radius 3 is 2.04 bits per heavy atom. The van der Waals surface area contributed by atoms with Gasteiger partial charge in [-0.05, 0) is 84.8 Å². The number of anilines is 2. The molecule has 1 saturated heterocycles. The van der Waals surface area contributed by atoms with Gasteiger partial charge >= 0.3 is 30.4 Å². The van der Waals surface area contributed by atoms with Crippen molar-refractivity contribution in [1.82, 2.24) is 20.5 Å². The molecule has 1 aliphatic rings. The van der Waals surface area contributed by atoms with E-state index in [1.54, 1.807) is 42.3 Å². The third-order valence-corrected chi connectivity index (χ3v) is 12.0. The van der Waals surface area contributed by atoms with Crippen molar-refractivity contribution in [2.24, 2.45) is 0 Å². The Labute approximate surface area is 437 Å². The molecular formula is C54H56F6N6O11. The third kappa shape index (κ3) is 18.5. The number of likely N-dealkylation sites (tertiary alicyclic amines) is 1. The number of ether oxygens (including phenoxy) is 1. The van der Waals surface area contributed by atoms with Gasteiger partial charge in [0.2, 0.25) is 11.5 Å². The van der Waals surface area contributed by atoms with Crippen molar-refractivity contribution in [3.05, 3.63) is 160 Å². The zero-order valence-electron chi connectivity index (χ0n) is 41.5. The number of aliphatic hydroxyl groups is 1. The number of nitrogens with one attached hydrogen (secondary N) is 4. The van der Waals surface area contributed by atoms with E-state index in [9.17, 15) is 55.7 Å². The molecule has 0 radical (unpaired) electrons. The number of H-pyrrole nitrogens is 1. The number of piperidine rings is 1. The van der Waals surface area contributed by atoms with E-state index in [-0.39, 0.29) is 41.8 Å². The highest BCUT2D eigenvalue weighted by Gasteiger charge is 2.39. The second kappa shape index (κ2) is 27.5. The van der Waals surface area contributed by atoms with E-state index in [1.165, 1.54) is 12.1 Å². The number of carbonyl (C=O) groups is 5. The Morgan fingerprint density at radius 2 is 1.40 bits per heavy atom. The topological polar surface area (TPSA) is 251 Å². The van der Waals surface area contributed by atoms with Crippen molar-refractivity contribution < 1.29 is 75.5 Å². The lowest BCUT2D eigenvalue weighted by Crippen LogP contribution is -2.40. The SMILES string of the molecule is C[C@H](Cc1ccc(CNC(=O)c2cccc(N(C)C(=O)CCN3CCC(OC(=O)Nc4ccccc4-c4ccccc4)CC3)c2)cc1)NC[C@H](O)c1ccc(O)c2[nH]c(=O)ccc12.O=C(O)C(F)(F)F.O=C(O)C(F)(F)F. The number of aliphatic hydroxyl groups excluding tert-OH is 1. The molecule has 0 spiro atoms. The number of carboxylic acid groups (broad SMARTS) is 2. The molecule has 1 fully saturated rings. The van der Waals surface area contributed by atoms with Crippen molar-refractivity contribution in [3.8, 4) is 16.9 Å². The van der Waals surface area contributed by atoms with Gasteiger partial charge in [0.15, 0.2) is 0 Å². The van der Waals surface area contributed by atoms with E-state index in [4.69, 9.17) is 24.5 Å². The van der Waals surface area contributed by atoms with Gasteiger partial charge in [-0.3, -0.25) is 19.7 Å². The number of aromatic hydroxyl groups is 1. The zero-order valence-corrected chi connectivity index (χ0v) is 41.5. The molecule has 23 heteroatoms. The van der Waals surface area contributed by atoms with Gasteiger partial charge in [-0.2, -0.15) is 26.3 Å². The predicted molar refractivity (Wildman–Crippen MR) is 273 cm³/mol. The fourth-order valence-corrected chi connectivity index (χ4v) is 7.90. The lowest BCUT2D eigenvalue weighted by atomic mass is 10.0. The molecule has 410 valence electrons. The molecular weight excluding hydrogens is 1020 g/mol. The summed E-state index contributed by atoms with van der Waals surface area (Å²) in [7, 11) is 1.72. The van der Waals surface area contributed by atoms with Gasteiger partial charge in [0, 0.05) is 80.5 Å². The molecule has 5 aromatic carbocycles. The number of benzene rings is 5. The number of hydrogen-bond donors (Lipinski definition) is 8. The van der Waals surface area contributed by atoms with Crippen molar-refractivity contribution in [2.75, 3.05) is 43.4 Å². The van der Waals surface area contributed by atoms with Gasteiger partial charge in [0.25, 0.3) is 5.91 Å². The molecule has 0 aliphatic carbocycles. The van der Waals surface area contributed by atoms with E-state index in [0.29, 0.717) is 85.3 Å². The number of rotatable bonds is 16. The lowest BCUT2D eigenvalue weighted by molar-refractivity contribution is -0.193. The Kier molecular flexibility index (Phi) is 21.3. The standard InChI is InChI=1S/C50H54N6O7.2C2HF3O2/c1-33(51-32-45(58)41-19-21-44(57)48-42(41)20-22-46(59)54-48)29-34-15-17-35(18-16-34)31-52-49(61)37-11-8-12-38(30-37)55(2)47(60)25-28-56-26-23-39(24-27-56)63-50(62)53-43-14-7-6-13-40(43)36-9-4-3-5-10-36;2*3-2(4,5)1(6)7/h3-22,30,33,39,45,51,57-58H,23-29,31-32H2,1-2H3,(H,52,61)(H,53,62)(H,54,59);2*(H,6,7)/t33-,45+;;/m1../s1. The minimum atomic E-state index is -5.08. The molecule has 2 atom stereocenters. The number of hydrogen-bond acceptors (Lipinski definition) is 11. The maximum Gasteiger partial charge on any atom is 0.490 e. The van der Waals surface area contributed by atoms with E-state index in [0.717, 1.165) is 22.3 Å².